The Morgan fingerprint density at radius 3 is 2.07 bits per heavy atom. The summed E-state index contributed by atoms with van der Waals surface area (Å²) in [4.78, 5) is 11.8. The van der Waals surface area contributed by atoms with Gasteiger partial charge in [-0.15, -0.1) is 0 Å². The Bertz CT molecular complexity index is 192. The van der Waals surface area contributed by atoms with Gasteiger partial charge in [-0.1, -0.05) is 20.8 Å². The van der Waals surface area contributed by atoms with E-state index in [4.69, 9.17) is 9.47 Å². The Labute approximate surface area is 93.1 Å². The van der Waals surface area contributed by atoms with E-state index in [0.717, 1.165) is 0 Å². The fourth-order valence-electron chi connectivity index (χ4n) is 1.32. The predicted molar refractivity (Wildman–Crippen MR) is 61.0 cm³/mol. The van der Waals surface area contributed by atoms with Crippen LogP contribution in [-0.2, 0) is 14.3 Å². The van der Waals surface area contributed by atoms with Crippen molar-refractivity contribution in [2.24, 2.45) is 5.41 Å². The average Bonchev–Trinajstić information content (AvgIpc) is 2.08. The summed E-state index contributed by atoms with van der Waals surface area (Å²) in [6, 6.07) is 0. The van der Waals surface area contributed by atoms with Crippen molar-refractivity contribution in [2.45, 2.75) is 53.8 Å². The first kappa shape index (κ1) is 14.6. The predicted octanol–water partition coefficient (Wildman–Crippen LogP) is 2.43. The summed E-state index contributed by atoms with van der Waals surface area (Å²) in [7, 11) is 0. The molecule has 90 valence electrons. The molecule has 0 spiro atoms. The SMILES string of the molecule is CCOC(C(=O)COC(C)C)C(C)(C)C. The van der Waals surface area contributed by atoms with Crippen LogP contribution in [0.1, 0.15) is 41.5 Å². The van der Waals surface area contributed by atoms with Crippen molar-refractivity contribution in [3.8, 4) is 0 Å². The van der Waals surface area contributed by atoms with Gasteiger partial charge in [0.25, 0.3) is 0 Å². The lowest BCUT2D eigenvalue weighted by Crippen LogP contribution is -2.39. The van der Waals surface area contributed by atoms with Crippen LogP contribution in [0.3, 0.4) is 0 Å². The second-order valence-corrected chi connectivity index (χ2v) is 5.03. The van der Waals surface area contributed by atoms with Crippen molar-refractivity contribution in [1.29, 1.82) is 0 Å². The zero-order chi connectivity index (χ0) is 12.1. The average molecular weight is 216 g/mol. The van der Waals surface area contributed by atoms with Crippen LogP contribution in [0.15, 0.2) is 0 Å². The highest BCUT2D eigenvalue weighted by Crippen LogP contribution is 2.23. The Morgan fingerprint density at radius 1 is 1.20 bits per heavy atom. The molecule has 1 atom stereocenters. The summed E-state index contributed by atoms with van der Waals surface area (Å²) in [6.07, 6.45) is -0.294. The van der Waals surface area contributed by atoms with E-state index in [1.807, 2.05) is 41.5 Å². The molecule has 0 N–H and O–H groups in total. The maximum atomic E-state index is 11.8. The highest BCUT2D eigenvalue weighted by atomic mass is 16.5. The molecule has 0 fully saturated rings. The van der Waals surface area contributed by atoms with Gasteiger partial charge in [0, 0.05) is 6.61 Å². The lowest BCUT2D eigenvalue weighted by atomic mass is 9.86. The summed E-state index contributed by atoms with van der Waals surface area (Å²) in [6.45, 7) is 12.4. The molecule has 0 radical (unpaired) electrons. The van der Waals surface area contributed by atoms with Gasteiger partial charge in [-0.05, 0) is 26.2 Å². The first-order chi connectivity index (χ1) is 6.79. The molecule has 0 aliphatic heterocycles. The van der Waals surface area contributed by atoms with E-state index in [2.05, 4.69) is 0 Å². The number of carbonyl (C=O) groups is 1. The van der Waals surface area contributed by atoms with Gasteiger partial charge < -0.3 is 9.47 Å². The van der Waals surface area contributed by atoms with Gasteiger partial charge in [-0.3, -0.25) is 4.79 Å². The largest absolute Gasteiger partial charge is 0.371 e. The van der Waals surface area contributed by atoms with Crippen molar-refractivity contribution in [1.82, 2.24) is 0 Å². The van der Waals surface area contributed by atoms with Crippen LogP contribution in [0, 0.1) is 5.41 Å². The summed E-state index contributed by atoms with van der Waals surface area (Å²) in [5.74, 6) is 0.0260. The Balaban J connectivity index is 4.30. The normalized spacial score (nSPS) is 14.3. The second kappa shape index (κ2) is 6.23. The number of hydrogen-bond donors (Lipinski definition) is 0. The van der Waals surface area contributed by atoms with Crippen molar-refractivity contribution in [3.63, 3.8) is 0 Å². The van der Waals surface area contributed by atoms with Crippen LogP contribution >= 0.6 is 0 Å². The zero-order valence-corrected chi connectivity index (χ0v) is 10.8. The third kappa shape index (κ3) is 5.90. The molecule has 0 heterocycles. The Morgan fingerprint density at radius 2 is 1.73 bits per heavy atom. The molecular formula is C12H24O3. The Kier molecular flexibility index (Phi) is 6.06. The maximum absolute atomic E-state index is 11.8. The number of ether oxygens (including phenoxy) is 2. The van der Waals surface area contributed by atoms with E-state index in [1.54, 1.807) is 0 Å². The van der Waals surface area contributed by atoms with Crippen molar-refractivity contribution in [2.75, 3.05) is 13.2 Å². The third-order valence-electron chi connectivity index (χ3n) is 1.97. The number of ketones is 1. The van der Waals surface area contributed by atoms with E-state index in [9.17, 15) is 4.79 Å². The highest BCUT2D eigenvalue weighted by Gasteiger charge is 2.31. The van der Waals surface area contributed by atoms with E-state index in [-0.39, 0.29) is 30.0 Å². The first-order valence-corrected chi connectivity index (χ1v) is 5.55. The van der Waals surface area contributed by atoms with Crippen LogP contribution in [0.2, 0.25) is 0 Å². The molecule has 0 aliphatic rings. The molecule has 0 aromatic rings. The lowest BCUT2D eigenvalue weighted by Gasteiger charge is -2.29. The molecule has 0 bridgehead atoms. The van der Waals surface area contributed by atoms with Crippen LogP contribution in [-0.4, -0.2) is 31.2 Å². The molecule has 0 aromatic heterocycles. The minimum atomic E-state index is -0.374. The maximum Gasteiger partial charge on any atom is 0.187 e. The molecule has 15 heavy (non-hydrogen) atoms. The van der Waals surface area contributed by atoms with Gasteiger partial charge in [0.2, 0.25) is 0 Å². The first-order valence-electron chi connectivity index (χ1n) is 5.55. The number of hydrogen-bond acceptors (Lipinski definition) is 3. The van der Waals surface area contributed by atoms with Crippen LogP contribution in [0.4, 0.5) is 0 Å². The number of Topliss-reactive ketones (excluding diaryl/α,β-unsaturated/α-hetero) is 1. The Hall–Kier alpha value is -0.410. The minimum absolute atomic E-state index is 0.0260. The molecule has 1 unspecified atom stereocenters. The fourth-order valence-corrected chi connectivity index (χ4v) is 1.32. The molecule has 0 amide bonds. The topological polar surface area (TPSA) is 35.5 Å². The van der Waals surface area contributed by atoms with E-state index in [1.165, 1.54) is 0 Å². The van der Waals surface area contributed by atoms with Crippen molar-refractivity contribution < 1.29 is 14.3 Å². The smallest absolute Gasteiger partial charge is 0.187 e. The summed E-state index contributed by atoms with van der Waals surface area (Å²) in [5.41, 5.74) is -0.173. The van der Waals surface area contributed by atoms with Gasteiger partial charge in [0.15, 0.2) is 5.78 Å². The molecule has 0 saturated carbocycles. The van der Waals surface area contributed by atoms with Crippen LogP contribution < -0.4 is 0 Å². The molecule has 0 aliphatic carbocycles. The number of rotatable bonds is 6. The van der Waals surface area contributed by atoms with Crippen molar-refractivity contribution in [3.05, 3.63) is 0 Å². The van der Waals surface area contributed by atoms with Gasteiger partial charge in [0.05, 0.1) is 6.10 Å². The fraction of sp³-hybridized carbons (Fsp3) is 0.917. The van der Waals surface area contributed by atoms with Gasteiger partial charge in [-0.2, -0.15) is 0 Å². The van der Waals surface area contributed by atoms with Crippen molar-refractivity contribution >= 4 is 5.78 Å². The zero-order valence-electron chi connectivity index (χ0n) is 10.8. The monoisotopic (exact) mass is 216 g/mol. The van der Waals surface area contributed by atoms with E-state index in [0.29, 0.717) is 6.61 Å². The minimum Gasteiger partial charge on any atom is -0.371 e. The quantitative estimate of drug-likeness (QED) is 0.684. The molecule has 3 heteroatoms. The van der Waals surface area contributed by atoms with Gasteiger partial charge in [-0.25, -0.2) is 0 Å². The summed E-state index contributed by atoms with van der Waals surface area (Å²) < 4.78 is 10.8. The summed E-state index contributed by atoms with van der Waals surface area (Å²) >= 11 is 0. The second-order valence-electron chi connectivity index (χ2n) is 5.03. The van der Waals surface area contributed by atoms with Crippen LogP contribution in [0.25, 0.3) is 0 Å². The van der Waals surface area contributed by atoms with Gasteiger partial charge >= 0.3 is 0 Å². The summed E-state index contributed by atoms with van der Waals surface area (Å²) in [5, 5.41) is 0. The van der Waals surface area contributed by atoms with Gasteiger partial charge in [0.1, 0.15) is 12.7 Å². The molecular weight excluding hydrogens is 192 g/mol. The van der Waals surface area contributed by atoms with E-state index < -0.39 is 0 Å². The molecule has 0 aromatic carbocycles. The standard InChI is InChI=1S/C12H24O3/c1-7-14-11(12(4,5)6)10(13)8-15-9(2)3/h9,11H,7-8H2,1-6H3. The third-order valence-corrected chi connectivity index (χ3v) is 1.97. The highest BCUT2D eigenvalue weighted by molar-refractivity contribution is 5.85. The number of carbonyl (C=O) groups excluding carboxylic acids is 1. The lowest BCUT2D eigenvalue weighted by molar-refractivity contribution is -0.143. The van der Waals surface area contributed by atoms with Crippen LogP contribution in [0.5, 0.6) is 0 Å². The molecule has 3 nitrogen and oxygen atoms in total. The van der Waals surface area contributed by atoms with E-state index >= 15 is 0 Å². The molecule has 0 rings (SSSR count). The molecule has 0 saturated heterocycles.